The first-order valence-electron chi connectivity index (χ1n) is 9.68. The van der Waals surface area contributed by atoms with Crippen LogP contribution in [0.15, 0.2) is 18.2 Å². The van der Waals surface area contributed by atoms with Gasteiger partial charge in [0.2, 0.25) is 0 Å². The lowest BCUT2D eigenvalue weighted by molar-refractivity contribution is -0.0679. The molecule has 0 amide bonds. The van der Waals surface area contributed by atoms with Crippen LogP contribution in [-0.4, -0.2) is 36.2 Å². The first kappa shape index (κ1) is 17.3. The fourth-order valence-corrected chi connectivity index (χ4v) is 6.30. The molecular weight excluding hydrogens is 319 g/mol. The zero-order chi connectivity index (χ0) is 17.6. The number of benzene rings is 1. The van der Waals surface area contributed by atoms with E-state index in [0.717, 1.165) is 32.1 Å². The molecule has 0 spiro atoms. The normalized spacial score (nSPS) is 39.6. The maximum atomic E-state index is 12.5. The Hall–Kier alpha value is -1.13. The molecule has 138 valence electrons. The number of aliphatic hydroxyl groups is 1. The van der Waals surface area contributed by atoms with Gasteiger partial charge in [0.05, 0.1) is 19.3 Å². The van der Waals surface area contributed by atoms with Crippen molar-refractivity contribution < 1.29 is 19.3 Å². The second-order valence-corrected chi connectivity index (χ2v) is 8.54. The van der Waals surface area contributed by atoms with E-state index in [0.29, 0.717) is 36.0 Å². The van der Waals surface area contributed by atoms with E-state index in [1.54, 1.807) is 6.07 Å². The Bertz CT molecular complexity index is 634. The Kier molecular flexibility index (Phi) is 4.53. The van der Waals surface area contributed by atoms with Gasteiger partial charge in [-0.2, -0.15) is 0 Å². The van der Waals surface area contributed by atoms with Crippen molar-refractivity contribution in [1.29, 1.82) is 0 Å². The van der Waals surface area contributed by atoms with E-state index in [9.17, 15) is 14.6 Å². The number of aryl methyl sites for hydroxylation is 1. The molecule has 3 aliphatic rings. The molecule has 0 heterocycles. The lowest BCUT2D eigenvalue weighted by atomic mass is 9.52. The zero-order valence-electron chi connectivity index (χ0n) is 15.0. The topological polar surface area (TPSA) is 49.7 Å². The van der Waals surface area contributed by atoms with Crippen molar-refractivity contribution in [3.05, 3.63) is 29.3 Å². The number of rotatable bonds is 4. The van der Waals surface area contributed by atoms with Crippen molar-refractivity contribution in [1.82, 2.24) is 0 Å². The number of ether oxygens (including phenoxy) is 1. The number of halogens is 1. The van der Waals surface area contributed by atoms with Gasteiger partial charge in [-0.05, 0) is 84.5 Å². The molecule has 3 aliphatic carbocycles. The molecular formula is C21H29FO3. The molecule has 1 aromatic rings. The van der Waals surface area contributed by atoms with Crippen LogP contribution >= 0.6 is 0 Å². The van der Waals surface area contributed by atoms with Gasteiger partial charge in [-0.25, -0.2) is 4.39 Å². The van der Waals surface area contributed by atoms with E-state index in [2.05, 4.69) is 13.0 Å². The Morgan fingerprint density at radius 1 is 1.28 bits per heavy atom. The van der Waals surface area contributed by atoms with Crippen molar-refractivity contribution in [3.8, 4) is 5.75 Å². The summed E-state index contributed by atoms with van der Waals surface area (Å²) in [5.74, 6) is 2.12. The van der Waals surface area contributed by atoms with Crippen LogP contribution in [0.2, 0.25) is 0 Å². The molecule has 2 fully saturated rings. The SMILES string of the molecule is C[C@]12C[C@H](COCCF)[C@@H]3c4ccc(O)cc4CC[C@H]3[C@@H]1CC[C@@H]2O. The third-order valence-electron chi connectivity index (χ3n) is 7.33. The average molecular weight is 348 g/mol. The first-order chi connectivity index (χ1) is 12.0. The number of fused-ring (bicyclic) bond motifs is 5. The predicted octanol–water partition coefficient (Wildman–Crippen LogP) is 3.82. The third-order valence-corrected chi connectivity index (χ3v) is 7.33. The van der Waals surface area contributed by atoms with E-state index in [1.165, 1.54) is 11.1 Å². The molecule has 4 rings (SSSR count). The summed E-state index contributed by atoms with van der Waals surface area (Å²) < 4.78 is 18.2. The Morgan fingerprint density at radius 3 is 2.92 bits per heavy atom. The van der Waals surface area contributed by atoms with Gasteiger partial charge in [-0.1, -0.05) is 13.0 Å². The summed E-state index contributed by atoms with van der Waals surface area (Å²) in [5, 5.41) is 20.5. The standard InChI is InChI=1S/C21H29FO3/c1-21-11-14(12-25-9-8-22)20-16-5-3-15(23)10-13(16)2-4-17(20)18(21)6-7-19(21)24/h3,5,10,14,17-20,23-24H,2,4,6-9,11-12H2,1H3/t14-,17+,18+,19+,20-,21+/m1/s1. The number of aliphatic hydroxyl groups excluding tert-OH is 1. The van der Waals surface area contributed by atoms with E-state index in [-0.39, 0.29) is 18.1 Å². The molecule has 1 aromatic carbocycles. The summed E-state index contributed by atoms with van der Waals surface area (Å²) in [7, 11) is 0. The van der Waals surface area contributed by atoms with Crippen LogP contribution in [0.25, 0.3) is 0 Å². The highest BCUT2D eigenvalue weighted by molar-refractivity contribution is 5.40. The molecule has 0 radical (unpaired) electrons. The van der Waals surface area contributed by atoms with E-state index >= 15 is 0 Å². The number of hydrogen-bond donors (Lipinski definition) is 2. The summed E-state index contributed by atoms with van der Waals surface area (Å²) in [6, 6.07) is 5.78. The van der Waals surface area contributed by atoms with Gasteiger partial charge in [0.15, 0.2) is 0 Å². The molecule has 2 N–H and O–H groups in total. The van der Waals surface area contributed by atoms with Crippen LogP contribution in [-0.2, 0) is 11.2 Å². The number of alkyl halides is 1. The molecule has 0 aliphatic heterocycles. The van der Waals surface area contributed by atoms with Gasteiger partial charge in [0.25, 0.3) is 0 Å². The lowest BCUT2D eigenvalue weighted by Crippen LogP contribution is -2.49. The van der Waals surface area contributed by atoms with E-state index in [4.69, 9.17) is 4.74 Å². The zero-order valence-corrected chi connectivity index (χ0v) is 15.0. The molecule has 4 heteroatoms. The summed E-state index contributed by atoms with van der Waals surface area (Å²) in [5.41, 5.74) is 2.55. The number of aromatic hydroxyl groups is 1. The predicted molar refractivity (Wildman–Crippen MR) is 94.4 cm³/mol. The number of phenols is 1. The van der Waals surface area contributed by atoms with Crippen molar-refractivity contribution in [2.45, 2.75) is 51.0 Å². The van der Waals surface area contributed by atoms with Gasteiger partial charge in [-0.15, -0.1) is 0 Å². The quantitative estimate of drug-likeness (QED) is 0.813. The minimum atomic E-state index is -0.451. The van der Waals surface area contributed by atoms with Crippen LogP contribution in [0, 0.1) is 23.2 Å². The highest BCUT2D eigenvalue weighted by Crippen LogP contribution is 2.62. The second-order valence-electron chi connectivity index (χ2n) is 8.54. The Balaban J connectivity index is 1.70. The monoisotopic (exact) mass is 348 g/mol. The molecule has 3 nitrogen and oxygen atoms in total. The van der Waals surface area contributed by atoms with Crippen molar-refractivity contribution in [2.24, 2.45) is 23.2 Å². The van der Waals surface area contributed by atoms with Crippen molar-refractivity contribution in [3.63, 3.8) is 0 Å². The van der Waals surface area contributed by atoms with Crippen molar-refractivity contribution >= 4 is 0 Å². The van der Waals surface area contributed by atoms with Gasteiger partial charge >= 0.3 is 0 Å². The van der Waals surface area contributed by atoms with Crippen LogP contribution < -0.4 is 0 Å². The summed E-state index contributed by atoms with van der Waals surface area (Å²) in [6.07, 6.45) is 4.80. The summed E-state index contributed by atoms with van der Waals surface area (Å²) in [6.45, 7) is 2.51. The van der Waals surface area contributed by atoms with Crippen LogP contribution in [0.4, 0.5) is 4.39 Å². The molecule has 6 atom stereocenters. The Morgan fingerprint density at radius 2 is 2.12 bits per heavy atom. The smallest absolute Gasteiger partial charge is 0.115 e. The van der Waals surface area contributed by atoms with Gasteiger partial charge < -0.3 is 14.9 Å². The highest BCUT2D eigenvalue weighted by atomic mass is 19.1. The first-order valence-corrected chi connectivity index (χ1v) is 9.68. The van der Waals surface area contributed by atoms with E-state index < -0.39 is 6.67 Å². The molecule has 0 saturated heterocycles. The second kappa shape index (κ2) is 6.55. The third kappa shape index (κ3) is 2.78. The number of hydrogen-bond acceptors (Lipinski definition) is 3. The fraction of sp³-hybridized carbons (Fsp3) is 0.714. The van der Waals surface area contributed by atoms with Gasteiger partial charge in [0, 0.05) is 0 Å². The van der Waals surface area contributed by atoms with Gasteiger partial charge in [-0.3, -0.25) is 0 Å². The fourth-order valence-electron chi connectivity index (χ4n) is 6.30. The van der Waals surface area contributed by atoms with E-state index in [1.807, 2.05) is 6.07 Å². The van der Waals surface area contributed by atoms with Crippen LogP contribution in [0.3, 0.4) is 0 Å². The Labute approximate surface area is 149 Å². The summed E-state index contributed by atoms with van der Waals surface area (Å²) in [4.78, 5) is 0. The summed E-state index contributed by atoms with van der Waals surface area (Å²) >= 11 is 0. The maximum Gasteiger partial charge on any atom is 0.115 e. The lowest BCUT2D eigenvalue weighted by Gasteiger charge is -2.53. The molecule has 0 bridgehead atoms. The molecule has 0 aromatic heterocycles. The molecule has 0 unspecified atom stereocenters. The maximum absolute atomic E-state index is 12.5. The highest BCUT2D eigenvalue weighted by Gasteiger charge is 2.57. The van der Waals surface area contributed by atoms with Gasteiger partial charge in [0.1, 0.15) is 12.4 Å². The van der Waals surface area contributed by atoms with Crippen LogP contribution in [0.1, 0.15) is 49.7 Å². The minimum absolute atomic E-state index is 0.0423. The minimum Gasteiger partial charge on any atom is -0.508 e. The number of phenolic OH excluding ortho intramolecular Hbond substituents is 1. The largest absolute Gasteiger partial charge is 0.508 e. The van der Waals surface area contributed by atoms with Crippen molar-refractivity contribution in [2.75, 3.05) is 19.9 Å². The molecule has 25 heavy (non-hydrogen) atoms. The average Bonchev–Trinajstić information content (AvgIpc) is 2.89. The molecule has 2 saturated carbocycles. The van der Waals surface area contributed by atoms with Crippen LogP contribution in [0.5, 0.6) is 5.75 Å².